The lowest BCUT2D eigenvalue weighted by Gasteiger charge is -2.17. The molecule has 1 heterocycles. The smallest absolute Gasteiger partial charge is 0.132 e. The highest BCUT2D eigenvalue weighted by molar-refractivity contribution is 5.44. The van der Waals surface area contributed by atoms with E-state index in [0.29, 0.717) is 0 Å². The Morgan fingerprint density at radius 1 is 1.58 bits per heavy atom. The van der Waals surface area contributed by atoms with Gasteiger partial charge in [0.2, 0.25) is 0 Å². The molecule has 12 heavy (non-hydrogen) atoms. The van der Waals surface area contributed by atoms with Gasteiger partial charge in [-0.3, -0.25) is 0 Å². The minimum Gasteiger partial charge on any atom is -0.334 e. The molecule has 0 N–H and O–H groups in total. The van der Waals surface area contributed by atoms with Crippen molar-refractivity contribution in [2.45, 2.75) is 13.8 Å². The summed E-state index contributed by atoms with van der Waals surface area (Å²) in [6.07, 6.45) is 1.81. The van der Waals surface area contributed by atoms with Crippen LogP contribution in [0.2, 0.25) is 0 Å². The van der Waals surface area contributed by atoms with Gasteiger partial charge in [-0.1, -0.05) is 6.58 Å². The predicted molar refractivity (Wildman–Crippen MR) is 52.2 cm³/mol. The summed E-state index contributed by atoms with van der Waals surface area (Å²) in [4.78, 5) is 6.19. The Morgan fingerprint density at radius 3 is 2.75 bits per heavy atom. The molecule has 0 radical (unpaired) electrons. The number of allylic oxidation sites excluding steroid dienone is 1. The number of hydrogen-bond donors (Lipinski definition) is 0. The topological polar surface area (TPSA) is 16.1 Å². The van der Waals surface area contributed by atoms with Crippen molar-refractivity contribution in [1.82, 2.24) is 4.98 Å². The molecular weight excluding hydrogens is 148 g/mol. The Kier molecular flexibility index (Phi) is 2.48. The van der Waals surface area contributed by atoms with Crippen LogP contribution in [-0.2, 0) is 0 Å². The molecule has 64 valence electrons. The van der Waals surface area contributed by atoms with Crippen LogP contribution in [-0.4, -0.2) is 12.0 Å². The van der Waals surface area contributed by atoms with Gasteiger partial charge in [0, 0.05) is 18.9 Å². The Morgan fingerprint density at radius 2 is 2.25 bits per heavy atom. The maximum atomic E-state index is 4.23. The number of pyridine rings is 1. The fourth-order valence-electron chi connectivity index (χ4n) is 0.899. The summed E-state index contributed by atoms with van der Waals surface area (Å²) in [6.45, 7) is 7.86. The van der Waals surface area contributed by atoms with Crippen LogP contribution >= 0.6 is 0 Å². The van der Waals surface area contributed by atoms with E-state index in [4.69, 9.17) is 0 Å². The van der Waals surface area contributed by atoms with Gasteiger partial charge in [-0.25, -0.2) is 4.98 Å². The third-order valence-electron chi connectivity index (χ3n) is 1.82. The molecule has 2 nitrogen and oxygen atoms in total. The van der Waals surface area contributed by atoms with Crippen LogP contribution in [0.15, 0.2) is 30.6 Å². The van der Waals surface area contributed by atoms with E-state index in [1.807, 2.05) is 37.2 Å². The minimum atomic E-state index is 0.947. The second-order valence-corrected chi connectivity index (χ2v) is 2.99. The lowest BCUT2D eigenvalue weighted by Crippen LogP contribution is -2.14. The summed E-state index contributed by atoms with van der Waals surface area (Å²) in [6, 6.07) is 4.02. The van der Waals surface area contributed by atoms with Crippen LogP contribution in [0.3, 0.4) is 0 Å². The Balaban J connectivity index is 2.95. The van der Waals surface area contributed by atoms with E-state index in [1.54, 1.807) is 0 Å². The second-order valence-electron chi connectivity index (χ2n) is 2.99. The zero-order valence-corrected chi connectivity index (χ0v) is 7.83. The summed E-state index contributed by atoms with van der Waals surface area (Å²) in [7, 11) is 1.96. The van der Waals surface area contributed by atoms with Crippen molar-refractivity contribution in [3.8, 4) is 0 Å². The van der Waals surface area contributed by atoms with Crippen molar-refractivity contribution in [2.75, 3.05) is 11.9 Å². The molecular formula is C10H14N2. The molecule has 0 saturated carbocycles. The van der Waals surface area contributed by atoms with Gasteiger partial charge in [0.25, 0.3) is 0 Å². The van der Waals surface area contributed by atoms with E-state index in [0.717, 1.165) is 11.5 Å². The number of aromatic nitrogens is 1. The highest BCUT2D eigenvalue weighted by Gasteiger charge is 2.00. The normalized spacial score (nSPS) is 9.58. The van der Waals surface area contributed by atoms with Crippen molar-refractivity contribution in [3.63, 3.8) is 0 Å². The molecule has 0 aliphatic carbocycles. The second kappa shape index (κ2) is 3.39. The average Bonchev–Trinajstić information content (AvgIpc) is 2.03. The van der Waals surface area contributed by atoms with Gasteiger partial charge in [0.1, 0.15) is 5.82 Å². The van der Waals surface area contributed by atoms with Gasteiger partial charge in [-0.15, -0.1) is 0 Å². The summed E-state index contributed by atoms with van der Waals surface area (Å²) in [5.41, 5.74) is 2.21. The monoisotopic (exact) mass is 162 g/mol. The van der Waals surface area contributed by atoms with E-state index in [2.05, 4.69) is 18.5 Å². The molecule has 1 rings (SSSR count). The molecule has 0 atom stereocenters. The molecule has 0 saturated heterocycles. The van der Waals surface area contributed by atoms with E-state index in [-0.39, 0.29) is 0 Å². The average molecular weight is 162 g/mol. The summed E-state index contributed by atoms with van der Waals surface area (Å²) in [5, 5.41) is 0. The zero-order chi connectivity index (χ0) is 9.14. The standard InChI is InChI=1S/C10H14N2/c1-8(2)12(4)10-7-9(3)5-6-11-10/h5-7H,1H2,2-4H3. The Hall–Kier alpha value is -1.31. The Bertz CT molecular complexity index is 292. The summed E-state index contributed by atoms with van der Waals surface area (Å²) >= 11 is 0. The zero-order valence-electron chi connectivity index (χ0n) is 7.83. The highest BCUT2D eigenvalue weighted by atomic mass is 15.2. The summed E-state index contributed by atoms with van der Waals surface area (Å²) in [5.74, 6) is 0.947. The van der Waals surface area contributed by atoms with Gasteiger partial charge in [0.05, 0.1) is 0 Å². The number of anilines is 1. The predicted octanol–water partition coefficient (Wildman–Crippen LogP) is 2.36. The van der Waals surface area contributed by atoms with Gasteiger partial charge in [-0.05, 0) is 31.5 Å². The van der Waals surface area contributed by atoms with Gasteiger partial charge < -0.3 is 4.90 Å². The van der Waals surface area contributed by atoms with E-state index in [1.165, 1.54) is 5.56 Å². The molecule has 0 bridgehead atoms. The molecule has 0 aliphatic heterocycles. The van der Waals surface area contributed by atoms with Crippen molar-refractivity contribution < 1.29 is 0 Å². The maximum absolute atomic E-state index is 4.23. The number of aryl methyl sites for hydroxylation is 1. The number of hydrogen-bond acceptors (Lipinski definition) is 2. The fraction of sp³-hybridized carbons (Fsp3) is 0.300. The first-order valence-corrected chi connectivity index (χ1v) is 3.93. The molecule has 0 fully saturated rings. The van der Waals surface area contributed by atoms with Crippen molar-refractivity contribution in [1.29, 1.82) is 0 Å². The van der Waals surface area contributed by atoms with E-state index < -0.39 is 0 Å². The Labute approximate surface area is 73.5 Å². The lowest BCUT2D eigenvalue weighted by molar-refractivity contribution is 1.04. The molecule has 1 aromatic rings. The summed E-state index contributed by atoms with van der Waals surface area (Å²) < 4.78 is 0. The van der Waals surface area contributed by atoms with Crippen LogP contribution in [0.25, 0.3) is 0 Å². The van der Waals surface area contributed by atoms with Crippen LogP contribution in [0.5, 0.6) is 0 Å². The third-order valence-corrected chi connectivity index (χ3v) is 1.82. The SMILES string of the molecule is C=C(C)N(C)c1cc(C)ccn1. The van der Waals surface area contributed by atoms with Crippen molar-refractivity contribution in [3.05, 3.63) is 36.2 Å². The van der Waals surface area contributed by atoms with Crippen LogP contribution in [0.4, 0.5) is 5.82 Å². The van der Waals surface area contributed by atoms with Gasteiger partial charge in [0.15, 0.2) is 0 Å². The van der Waals surface area contributed by atoms with Gasteiger partial charge >= 0.3 is 0 Å². The molecule has 2 heteroatoms. The highest BCUT2D eigenvalue weighted by Crippen LogP contribution is 2.13. The molecule has 1 aromatic heterocycles. The molecule has 0 aromatic carbocycles. The van der Waals surface area contributed by atoms with Gasteiger partial charge in [-0.2, -0.15) is 0 Å². The number of nitrogens with zero attached hydrogens (tertiary/aromatic N) is 2. The third kappa shape index (κ3) is 1.84. The lowest BCUT2D eigenvalue weighted by atomic mass is 10.3. The number of rotatable bonds is 2. The quantitative estimate of drug-likeness (QED) is 0.663. The first kappa shape index (κ1) is 8.78. The molecule has 0 unspecified atom stereocenters. The maximum Gasteiger partial charge on any atom is 0.132 e. The fourth-order valence-corrected chi connectivity index (χ4v) is 0.899. The minimum absolute atomic E-state index is 0.947. The van der Waals surface area contributed by atoms with Crippen molar-refractivity contribution in [2.24, 2.45) is 0 Å². The molecule has 0 amide bonds. The largest absolute Gasteiger partial charge is 0.334 e. The first-order chi connectivity index (χ1) is 5.61. The first-order valence-electron chi connectivity index (χ1n) is 3.93. The molecule has 0 aliphatic rings. The molecule has 0 spiro atoms. The van der Waals surface area contributed by atoms with Crippen LogP contribution in [0, 0.1) is 6.92 Å². The van der Waals surface area contributed by atoms with Crippen molar-refractivity contribution >= 4 is 5.82 Å². The van der Waals surface area contributed by atoms with Crippen LogP contribution < -0.4 is 4.90 Å². The van der Waals surface area contributed by atoms with E-state index in [9.17, 15) is 0 Å². The van der Waals surface area contributed by atoms with E-state index >= 15 is 0 Å². The van der Waals surface area contributed by atoms with Crippen LogP contribution in [0.1, 0.15) is 12.5 Å².